The average Bonchev–Trinajstić information content (AvgIpc) is 2.82. The van der Waals surface area contributed by atoms with Crippen molar-refractivity contribution in [3.63, 3.8) is 0 Å². The molecule has 3 N–H and O–H groups in total. The number of carbonyl (C=O) groups is 2. The number of hydrogen-bond acceptors (Lipinski definition) is 6. The van der Waals surface area contributed by atoms with Crippen LogP contribution in [0.25, 0.3) is 0 Å². The number of sulfonamides is 1. The summed E-state index contributed by atoms with van der Waals surface area (Å²) in [5, 5.41) is 5.16. The molecule has 0 aromatic heterocycles. The Labute approximate surface area is 204 Å². The molecule has 0 aliphatic rings. The Balaban J connectivity index is 1.71. The topological polar surface area (TPSA) is 123 Å². The highest BCUT2D eigenvalue weighted by atomic mass is 32.2. The number of rotatable bonds is 9. The van der Waals surface area contributed by atoms with Crippen LogP contribution in [-0.2, 0) is 14.8 Å². The standard InChI is InChI=1S/C25H27N3O6S/c1-16-11-17(2)13-18(12-16)25(30)26-15-24(29)27-20-7-10-22(34-4)23(14-20)35(31,32)28-19-5-8-21(33-3)9-6-19/h5-14,28H,15H2,1-4H3,(H,26,30)(H,27,29). The quantitative estimate of drug-likeness (QED) is 0.416. The highest BCUT2D eigenvalue weighted by molar-refractivity contribution is 7.92. The molecular weight excluding hydrogens is 470 g/mol. The number of ether oxygens (including phenoxy) is 2. The van der Waals surface area contributed by atoms with E-state index >= 15 is 0 Å². The maximum Gasteiger partial charge on any atom is 0.265 e. The van der Waals surface area contributed by atoms with Gasteiger partial charge in [-0.1, -0.05) is 17.2 Å². The van der Waals surface area contributed by atoms with E-state index in [1.807, 2.05) is 19.9 Å². The van der Waals surface area contributed by atoms with Gasteiger partial charge in [-0.2, -0.15) is 0 Å². The van der Waals surface area contributed by atoms with Crippen molar-refractivity contribution < 1.29 is 27.5 Å². The number of hydrogen-bond donors (Lipinski definition) is 3. The Morgan fingerprint density at radius 3 is 2.06 bits per heavy atom. The average molecular weight is 498 g/mol. The predicted octanol–water partition coefficient (Wildman–Crippen LogP) is 3.49. The molecular formula is C25H27N3O6S. The zero-order valence-corrected chi connectivity index (χ0v) is 20.7. The Kier molecular flexibility index (Phi) is 7.98. The molecule has 0 bridgehead atoms. The van der Waals surface area contributed by atoms with Gasteiger partial charge in [0.25, 0.3) is 15.9 Å². The van der Waals surface area contributed by atoms with Gasteiger partial charge >= 0.3 is 0 Å². The predicted molar refractivity (Wildman–Crippen MR) is 134 cm³/mol. The van der Waals surface area contributed by atoms with E-state index in [1.165, 1.54) is 32.4 Å². The highest BCUT2D eigenvalue weighted by Crippen LogP contribution is 2.29. The normalized spacial score (nSPS) is 10.9. The molecule has 0 aliphatic carbocycles. The first-order chi connectivity index (χ1) is 16.6. The van der Waals surface area contributed by atoms with E-state index in [2.05, 4.69) is 15.4 Å². The third-order valence-corrected chi connectivity index (χ3v) is 6.38. The Hall–Kier alpha value is -4.05. The molecule has 0 aliphatic heterocycles. The van der Waals surface area contributed by atoms with Crippen molar-refractivity contribution in [2.45, 2.75) is 18.7 Å². The van der Waals surface area contributed by atoms with Crippen LogP contribution < -0.4 is 24.8 Å². The Bertz CT molecular complexity index is 1320. The minimum atomic E-state index is -4.04. The van der Waals surface area contributed by atoms with E-state index in [0.29, 0.717) is 17.0 Å². The molecule has 0 radical (unpaired) electrons. The van der Waals surface area contributed by atoms with Gasteiger partial charge in [-0.3, -0.25) is 14.3 Å². The summed E-state index contributed by atoms with van der Waals surface area (Å²) in [6.07, 6.45) is 0. The molecule has 0 heterocycles. The largest absolute Gasteiger partial charge is 0.497 e. The molecule has 9 nitrogen and oxygen atoms in total. The van der Waals surface area contributed by atoms with Gasteiger partial charge in [-0.25, -0.2) is 8.42 Å². The monoisotopic (exact) mass is 497 g/mol. The lowest BCUT2D eigenvalue weighted by atomic mass is 10.1. The Morgan fingerprint density at radius 1 is 0.829 bits per heavy atom. The van der Waals surface area contributed by atoms with Crippen molar-refractivity contribution in [3.05, 3.63) is 77.4 Å². The summed E-state index contributed by atoms with van der Waals surface area (Å²) in [4.78, 5) is 24.6. The minimum absolute atomic E-state index is 0.104. The summed E-state index contributed by atoms with van der Waals surface area (Å²) in [5.41, 5.74) is 2.89. The SMILES string of the molecule is COc1ccc(NS(=O)(=O)c2cc(NC(=O)CNC(=O)c3cc(C)cc(C)c3)ccc2OC)cc1. The fourth-order valence-corrected chi connectivity index (χ4v) is 4.66. The van der Waals surface area contributed by atoms with Gasteiger partial charge in [0.15, 0.2) is 0 Å². The van der Waals surface area contributed by atoms with Crippen molar-refractivity contribution in [2.24, 2.45) is 0 Å². The summed E-state index contributed by atoms with van der Waals surface area (Å²) in [7, 11) is -1.18. The number of nitrogens with one attached hydrogen (secondary N) is 3. The van der Waals surface area contributed by atoms with Crippen LogP contribution in [0.5, 0.6) is 11.5 Å². The van der Waals surface area contributed by atoms with Gasteiger partial charge in [0.05, 0.1) is 20.8 Å². The molecule has 3 aromatic rings. The van der Waals surface area contributed by atoms with Gasteiger partial charge in [0, 0.05) is 16.9 Å². The Morgan fingerprint density at radius 2 is 1.46 bits per heavy atom. The molecule has 0 spiro atoms. The number of carbonyl (C=O) groups excluding carboxylic acids is 2. The molecule has 184 valence electrons. The summed E-state index contributed by atoms with van der Waals surface area (Å²) in [5.74, 6) is -0.208. The molecule has 0 fully saturated rings. The van der Waals surface area contributed by atoms with Gasteiger partial charge in [0.2, 0.25) is 5.91 Å². The number of anilines is 2. The van der Waals surface area contributed by atoms with Gasteiger partial charge in [0.1, 0.15) is 16.4 Å². The molecule has 0 atom stereocenters. The fraction of sp³-hybridized carbons (Fsp3) is 0.200. The zero-order valence-electron chi connectivity index (χ0n) is 19.8. The fourth-order valence-electron chi connectivity index (χ4n) is 3.41. The number of benzene rings is 3. The van der Waals surface area contributed by atoms with Gasteiger partial charge in [-0.05, 0) is 68.4 Å². The molecule has 35 heavy (non-hydrogen) atoms. The minimum Gasteiger partial charge on any atom is -0.497 e. The first-order valence-corrected chi connectivity index (χ1v) is 12.1. The molecule has 0 saturated carbocycles. The lowest BCUT2D eigenvalue weighted by Gasteiger charge is -2.14. The smallest absolute Gasteiger partial charge is 0.265 e. The first kappa shape index (κ1) is 25.6. The van der Waals surface area contributed by atoms with E-state index < -0.39 is 15.9 Å². The van der Waals surface area contributed by atoms with E-state index in [4.69, 9.17) is 9.47 Å². The van der Waals surface area contributed by atoms with Crippen LogP contribution in [0.2, 0.25) is 0 Å². The van der Waals surface area contributed by atoms with Crippen LogP contribution >= 0.6 is 0 Å². The molecule has 2 amide bonds. The van der Waals surface area contributed by atoms with Crippen LogP contribution in [-0.4, -0.2) is 41.0 Å². The van der Waals surface area contributed by atoms with E-state index in [0.717, 1.165) is 11.1 Å². The van der Waals surface area contributed by atoms with Crippen molar-refractivity contribution in [3.8, 4) is 11.5 Å². The molecule has 10 heteroatoms. The van der Waals surface area contributed by atoms with E-state index in [-0.39, 0.29) is 28.8 Å². The number of aryl methyl sites for hydroxylation is 2. The van der Waals surface area contributed by atoms with Crippen LogP contribution in [0, 0.1) is 13.8 Å². The summed E-state index contributed by atoms with van der Waals surface area (Å²) in [6, 6.07) is 16.0. The molecule has 3 rings (SSSR count). The van der Waals surface area contributed by atoms with E-state index in [1.54, 1.807) is 36.4 Å². The first-order valence-electron chi connectivity index (χ1n) is 10.6. The van der Waals surface area contributed by atoms with Gasteiger partial charge in [-0.15, -0.1) is 0 Å². The second-order valence-electron chi connectivity index (χ2n) is 7.81. The van der Waals surface area contributed by atoms with Crippen LogP contribution in [0.15, 0.2) is 65.6 Å². The number of methoxy groups -OCH3 is 2. The lowest BCUT2D eigenvalue weighted by molar-refractivity contribution is -0.115. The molecule has 0 saturated heterocycles. The van der Waals surface area contributed by atoms with Crippen molar-refractivity contribution >= 4 is 33.2 Å². The van der Waals surface area contributed by atoms with Crippen molar-refractivity contribution in [2.75, 3.05) is 30.8 Å². The maximum absolute atomic E-state index is 13.0. The number of amides is 2. The lowest BCUT2D eigenvalue weighted by Crippen LogP contribution is -2.33. The third kappa shape index (κ3) is 6.73. The van der Waals surface area contributed by atoms with Crippen LogP contribution in [0.4, 0.5) is 11.4 Å². The third-order valence-electron chi connectivity index (χ3n) is 4.97. The summed E-state index contributed by atoms with van der Waals surface area (Å²) >= 11 is 0. The van der Waals surface area contributed by atoms with Crippen LogP contribution in [0.1, 0.15) is 21.5 Å². The van der Waals surface area contributed by atoms with Crippen LogP contribution in [0.3, 0.4) is 0 Å². The second kappa shape index (κ2) is 10.9. The van der Waals surface area contributed by atoms with E-state index in [9.17, 15) is 18.0 Å². The van der Waals surface area contributed by atoms with Crippen molar-refractivity contribution in [1.29, 1.82) is 0 Å². The van der Waals surface area contributed by atoms with Gasteiger partial charge < -0.3 is 20.1 Å². The molecule has 3 aromatic carbocycles. The zero-order chi connectivity index (χ0) is 25.6. The second-order valence-corrected chi connectivity index (χ2v) is 9.46. The van der Waals surface area contributed by atoms with Crippen molar-refractivity contribution in [1.82, 2.24) is 5.32 Å². The summed E-state index contributed by atoms with van der Waals surface area (Å²) < 4.78 is 38.8. The maximum atomic E-state index is 13.0. The summed E-state index contributed by atoms with van der Waals surface area (Å²) in [6.45, 7) is 3.48. The molecule has 0 unspecified atom stereocenters. The highest BCUT2D eigenvalue weighted by Gasteiger charge is 2.21.